The minimum Gasteiger partial charge on any atom is -0.495 e. The van der Waals surface area contributed by atoms with Gasteiger partial charge in [0.2, 0.25) is 0 Å². The minimum absolute atomic E-state index is 0.708. The van der Waals surface area contributed by atoms with E-state index in [1.165, 1.54) is 0 Å². The van der Waals surface area contributed by atoms with E-state index in [-0.39, 0.29) is 0 Å². The van der Waals surface area contributed by atoms with E-state index in [0.29, 0.717) is 6.61 Å². The second kappa shape index (κ2) is 7.16. The minimum atomic E-state index is 0.708. The van der Waals surface area contributed by atoms with Crippen molar-refractivity contribution in [2.75, 3.05) is 26.1 Å². The van der Waals surface area contributed by atoms with Crippen LogP contribution in [0.3, 0.4) is 0 Å². The van der Waals surface area contributed by atoms with Gasteiger partial charge in [0, 0.05) is 12.4 Å². The van der Waals surface area contributed by atoms with Crippen molar-refractivity contribution in [3.8, 4) is 11.4 Å². The van der Waals surface area contributed by atoms with Gasteiger partial charge in [-0.05, 0) is 19.1 Å². The first-order chi connectivity index (χ1) is 9.36. The maximum atomic E-state index is 5.36. The van der Waals surface area contributed by atoms with Gasteiger partial charge in [0.05, 0.1) is 19.4 Å². The maximum absolute atomic E-state index is 5.36. The highest BCUT2D eigenvalue weighted by molar-refractivity contribution is 7.99. The average molecular weight is 279 g/mol. The molecule has 0 aliphatic carbocycles. The van der Waals surface area contributed by atoms with Crippen molar-refractivity contribution in [2.45, 2.75) is 12.1 Å². The number of aromatic nitrogens is 3. The van der Waals surface area contributed by atoms with Crippen LogP contribution >= 0.6 is 11.8 Å². The fraction of sp³-hybridized carbons (Fsp3) is 0.385. The largest absolute Gasteiger partial charge is 0.495 e. The van der Waals surface area contributed by atoms with Crippen molar-refractivity contribution in [3.05, 3.63) is 30.6 Å². The van der Waals surface area contributed by atoms with Gasteiger partial charge >= 0.3 is 0 Å². The summed E-state index contributed by atoms with van der Waals surface area (Å²) in [5.41, 5.74) is 0.939. The molecule has 0 atom stereocenters. The Morgan fingerprint density at radius 2 is 2.16 bits per heavy atom. The zero-order chi connectivity index (χ0) is 13.5. The van der Waals surface area contributed by atoms with E-state index in [9.17, 15) is 0 Å². The van der Waals surface area contributed by atoms with Crippen molar-refractivity contribution >= 4 is 11.8 Å². The summed E-state index contributed by atoms with van der Waals surface area (Å²) in [6.07, 6.45) is 1.70. The van der Waals surface area contributed by atoms with E-state index in [4.69, 9.17) is 9.47 Å². The molecule has 6 heteroatoms. The molecule has 5 nitrogen and oxygen atoms in total. The van der Waals surface area contributed by atoms with Gasteiger partial charge in [-0.3, -0.25) is 4.57 Å². The van der Waals surface area contributed by atoms with E-state index in [1.54, 1.807) is 25.2 Å². The lowest BCUT2D eigenvalue weighted by molar-refractivity contribution is 0.164. The first-order valence-electron chi connectivity index (χ1n) is 6.10. The third-order valence-electron chi connectivity index (χ3n) is 2.52. The Balaban J connectivity index is 2.14. The molecule has 0 aliphatic heterocycles. The zero-order valence-corrected chi connectivity index (χ0v) is 11.9. The molecule has 1 aromatic carbocycles. The van der Waals surface area contributed by atoms with E-state index in [2.05, 4.69) is 10.2 Å². The highest BCUT2D eigenvalue weighted by atomic mass is 32.2. The molecule has 2 aromatic rings. The number of nitrogens with zero attached hydrogens (tertiary/aromatic N) is 3. The molecule has 1 aromatic heterocycles. The molecule has 0 unspecified atom stereocenters. The third-order valence-corrected chi connectivity index (χ3v) is 3.43. The van der Waals surface area contributed by atoms with Crippen LogP contribution in [0.15, 0.2) is 35.7 Å². The summed E-state index contributed by atoms with van der Waals surface area (Å²) in [6.45, 7) is 3.43. The predicted molar refractivity (Wildman–Crippen MR) is 75.1 cm³/mol. The lowest BCUT2D eigenvalue weighted by atomic mass is 10.3. The zero-order valence-electron chi connectivity index (χ0n) is 11.1. The predicted octanol–water partition coefficient (Wildman–Crippen LogP) is 2.40. The van der Waals surface area contributed by atoms with Crippen molar-refractivity contribution < 1.29 is 9.47 Å². The first kappa shape index (κ1) is 13.9. The van der Waals surface area contributed by atoms with Crippen LogP contribution < -0.4 is 4.74 Å². The van der Waals surface area contributed by atoms with Crippen molar-refractivity contribution in [2.24, 2.45) is 0 Å². The van der Waals surface area contributed by atoms with Crippen molar-refractivity contribution in [1.29, 1.82) is 0 Å². The molecule has 0 fully saturated rings. The van der Waals surface area contributed by atoms with Crippen LogP contribution in [0.4, 0.5) is 0 Å². The third kappa shape index (κ3) is 3.48. The summed E-state index contributed by atoms with van der Waals surface area (Å²) in [5, 5.41) is 8.94. The van der Waals surface area contributed by atoms with E-state index in [0.717, 1.165) is 29.0 Å². The van der Waals surface area contributed by atoms with Crippen molar-refractivity contribution in [1.82, 2.24) is 14.8 Å². The van der Waals surface area contributed by atoms with Gasteiger partial charge in [0.15, 0.2) is 5.16 Å². The first-order valence-corrected chi connectivity index (χ1v) is 7.09. The van der Waals surface area contributed by atoms with Gasteiger partial charge in [-0.15, -0.1) is 10.2 Å². The Morgan fingerprint density at radius 3 is 2.95 bits per heavy atom. The van der Waals surface area contributed by atoms with Gasteiger partial charge in [-0.1, -0.05) is 23.9 Å². The van der Waals surface area contributed by atoms with E-state index in [1.807, 2.05) is 35.8 Å². The molecule has 2 rings (SSSR count). The number of hydrogen-bond donors (Lipinski definition) is 0. The maximum Gasteiger partial charge on any atom is 0.195 e. The molecule has 0 radical (unpaired) electrons. The quantitative estimate of drug-likeness (QED) is 0.575. The van der Waals surface area contributed by atoms with Gasteiger partial charge in [0.1, 0.15) is 12.1 Å². The highest BCUT2D eigenvalue weighted by Gasteiger charge is 2.10. The molecule has 102 valence electrons. The van der Waals surface area contributed by atoms with E-state index < -0.39 is 0 Å². The number of para-hydroxylation sites is 2. The van der Waals surface area contributed by atoms with Crippen LogP contribution in [0.25, 0.3) is 5.69 Å². The highest BCUT2D eigenvalue weighted by Crippen LogP contribution is 2.26. The fourth-order valence-corrected chi connectivity index (χ4v) is 2.43. The molecular weight excluding hydrogens is 262 g/mol. The summed E-state index contributed by atoms with van der Waals surface area (Å²) in [4.78, 5) is 0. The lowest BCUT2D eigenvalue weighted by Crippen LogP contribution is -2.01. The van der Waals surface area contributed by atoms with Crippen LogP contribution in [0, 0.1) is 0 Å². The Hall–Kier alpha value is -1.53. The molecule has 1 heterocycles. The van der Waals surface area contributed by atoms with Gasteiger partial charge in [0.25, 0.3) is 0 Å². The second-order valence-electron chi connectivity index (χ2n) is 3.70. The molecule has 0 saturated carbocycles. The summed E-state index contributed by atoms with van der Waals surface area (Å²) in [7, 11) is 1.66. The Kier molecular flexibility index (Phi) is 5.23. The molecular formula is C13H17N3O2S. The number of ether oxygens (including phenoxy) is 2. The summed E-state index contributed by atoms with van der Waals surface area (Å²) in [6, 6.07) is 7.81. The second-order valence-corrected chi connectivity index (χ2v) is 4.76. The fourth-order valence-electron chi connectivity index (χ4n) is 1.65. The Morgan fingerprint density at radius 1 is 1.32 bits per heavy atom. The van der Waals surface area contributed by atoms with Crippen molar-refractivity contribution in [3.63, 3.8) is 0 Å². The number of hydrogen-bond acceptors (Lipinski definition) is 5. The van der Waals surface area contributed by atoms with Crippen LogP contribution in [-0.2, 0) is 4.74 Å². The molecule has 0 amide bonds. The number of thioether (sulfide) groups is 1. The molecule has 0 saturated heterocycles. The SMILES string of the molecule is CCOCCSc1nncn1-c1ccccc1OC. The summed E-state index contributed by atoms with van der Waals surface area (Å²) >= 11 is 1.62. The molecule has 0 bridgehead atoms. The number of rotatable bonds is 7. The average Bonchev–Trinajstić information content (AvgIpc) is 2.92. The number of methoxy groups -OCH3 is 1. The summed E-state index contributed by atoms with van der Waals surface area (Å²) in [5.74, 6) is 1.65. The lowest BCUT2D eigenvalue weighted by Gasteiger charge is -2.10. The van der Waals surface area contributed by atoms with Crippen LogP contribution in [-0.4, -0.2) is 40.8 Å². The van der Waals surface area contributed by atoms with Gasteiger partial charge < -0.3 is 9.47 Å². The van der Waals surface area contributed by atoms with Crippen LogP contribution in [0.2, 0.25) is 0 Å². The molecule has 0 N–H and O–H groups in total. The molecule has 0 aliphatic rings. The standard InChI is InChI=1S/C13H17N3O2S/c1-3-18-8-9-19-13-15-14-10-16(13)11-6-4-5-7-12(11)17-2/h4-7,10H,3,8-9H2,1-2H3. The molecule has 19 heavy (non-hydrogen) atoms. The molecule has 0 spiro atoms. The van der Waals surface area contributed by atoms with Gasteiger partial charge in [-0.25, -0.2) is 0 Å². The summed E-state index contributed by atoms with van der Waals surface area (Å²) < 4.78 is 12.6. The van der Waals surface area contributed by atoms with Crippen LogP contribution in [0.1, 0.15) is 6.92 Å². The topological polar surface area (TPSA) is 49.2 Å². The number of benzene rings is 1. The monoisotopic (exact) mass is 279 g/mol. The van der Waals surface area contributed by atoms with Gasteiger partial charge in [-0.2, -0.15) is 0 Å². The Labute approximate surface area is 116 Å². The van der Waals surface area contributed by atoms with E-state index >= 15 is 0 Å². The Bertz CT molecular complexity index is 516. The smallest absolute Gasteiger partial charge is 0.195 e. The van der Waals surface area contributed by atoms with Crippen LogP contribution in [0.5, 0.6) is 5.75 Å². The normalized spacial score (nSPS) is 10.6.